The number of aromatic nitrogens is 1. The maximum atomic E-state index is 8.89. The van der Waals surface area contributed by atoms with Crippen LogP contribution in [0.2, 0.25) is 0 Å². The Morgan fingerprint density at radius 2 is 2.12 bits per heavy atom. The van der Waals surface area contributed by atoms with Crippen LogP contribution in [0.1, 0.15) is 16.1 Å². The highest BCUT2D eigenvalue weighted by molar-refractivity contribution is 9.10. The molecule has 1 aromatic heterocycles. The second-order valence-electron chi connectivity index (χ2n) is 3.63. The molecule has 0 saturated heterocycles. The van der Waals surface area contributed by atoms with E-state index in [0.29, 0.717) is 5.56 Å². The van der Waals surface area contributed by atoms with Crippen molar-refractivity contribution in [3.8, 4) is 6.07 Å². The molecule has 0 aliphatic carbocycles. The molecule has 17 heavy (non-hydrogen) atoms. The number of hydrogen-bond donors (Lipinski definition) is 1. The summed E-state index contributed by atoms with van der Waals surface area (Å²) in [5, 5.41) is 12.9. The third-order valence-corrected chi connectivity index (χ3v) is 3.75. The van der Waals surface area contributed by atoms with Crippen LogP contribution in [0.5, 0.6) is 0 Å². The van der Waals surface area contributed by atoms with E-state index in [9.17, 15) is 0 Å². The van der Waals surface area contributed by atoms with Crippen LogP contribution < -0.4 is 5.32 Å². The number of thiazole rings is 1. The Labute approximate surface area is 112 Å². The number of rotatable bonds is 2. The average molecular weight is 308 g/mol. The maximum absolute atomic E-state index is 8.89. The lowest BCUT2D eigenvalue weighted by Crippen LogP contribution is -1.90. The second-order valence-corrected chi connectivity index (χ2v) is 5.74. The van der Waals surface area contributed by atoms with E-state index in [4.69, 9.17) is 5.26 Å². The van der Waals surface area contributed by atoms with Gasteiger partial charge >= 0.3 is 0 Å². The fraction of sp³-hybridized carbons (Fsp3) is 0.167. The number of anilines is 2. The van der Waals surface area contributed by atoms with Crippen molar-refractivity contribution >= 4 is 38.1 Å². The van der Waals surface area contributed by atoms with E-state index < -0.39 is 0 Å². The van der Waals surface area contributed by atoms with Crippen LogP contribution in [0.15, 0.2) is 22.7 Å². The molecule has 0 amide bonds. The number of hydrogen-bond acceptors (Lipinski definition) is 4. The Hall–Kier alpha value is -1.38. The lowest BCUT2D eigenvalue weighted by Gasteiger charge is -2.03. The van der Waals surface area contributed by atoms with Crippen LogP contribution in [-0.4, -0.2) is 4.98 Å². The Bertz CT molecular complexity index is 579. The first-order valence-corrected chi connectivity index (χ1v) is 6.61. The van der Waals surface area contributed by atoms with Gasteiger partial charge in [-0.3, -0.25) is 0 Å². The van der Waals surface area contributed by atoms with Crippen LogP contribution in [0.3, 0.4) is 0 Å². The molecule has 0 atom stereocenters. The minimum absolute atomic E-state index is 0.617. The van der Waals surface area contributed by atoms with Gasteiger partial charge in [-0.1, -0.05) is 15.9 Å². The second kappa shape index (κ2) is 4.86. The van der Waals surface area contributed by atoms with E-state index in [1.807, 2.05) is 19.9 Å². The molecule has 0 radical (unpaired) electrons. The standard InChI is InChI=1S/C12H10BrN3S/c1-7-8(2)17-12(15-7)16-11-4-9(6-14)3-10(13)5-11/h3-5H,1-2H3,(H,15,16). The number of aryl methyl sites for hydroxylation is 2. The topological polar surface area (TPSA) is 48.7 Å². The lowest BCUT2D eigenvalue weighted by molar-refractivity contribution is 1.23. The minimum atomic E-state index is 0.617. The first-order chi connectivity index (χ1) is 8.08. The molecule has 0 saturated carbocycles. The first-order valence-electron chi connectivity index (χ1n) is 5.00. The van der Waals surface area contributed by atoms with Gasteiger partial charge in [0.25, 0.3) is 0 Å². The predicted octanol–water partition coefficient (Wildman–Crippen LogP) is 4.14. The van der Waals surface area contributed by atoms with Gasteiger partial charge in [0.15, 0.2) is 5.13 Å². The molecular weight excluding hydrogens is 298 g/mol. The molecule has 0 fully saturated rings. The first kappa shape index (κ1) is 12.1. The van der Waals surface area contributed by atoms with Gasteiger partial charge in [-0.2, -0.15) is 5.26 Å². The summed E-state index contributed by atoms with van der Waals surface area (Å²) < 4.78 is 0.879. The van der Waals surface area contributed by atoms with Crippen molar-refractivity contribution in [1.82, 2.24) is 4.98 Å². The summed E-state index contributed by atoms with van der Waals surface area (Å²) >= 11 is 4.99. The molecule has 86 valence electrons. The average Bonchev–Trinajstić information content (AvgIpc) is 2.57. The third kappa shape index (κ3) is 2.84. The summed E-state index contributed by atoms with van der Waals surface area (Å²) in [4.78, 5) is 5.60. The molecule has 5 heteroatoms. The van der Waals surface area contributed by atoms with Gasteiger partial charge in [0, 0.05) is 15.0 Å². The fourth-order valence-electron chi connectivity index (χ4n) is 1.38. The van der Waals surface area contributed by atoms with Crippen molar-refractivity contribution < 1.29 is 0 Å². The number of nitrogens with one attached hydrogen (secondary N) is 1. The normalized spacial score (nSPS) is 10.0. The van der Waals surface area contributed by atoms with Gasteiger partial charge < -0.3 is 5.32 Å². The quantitative estimate of drug-likeness (QED) is 0.907. The van der Waals surface area contributed by atoms with Gasteiger partial charge in [0.1, 0.15) is 0 Å². The van der Waals surface area contributed by atoms with Crippen LogP contribution in [0.25, 0.3) is 0 Å². The molecule has 0 bridgehead atoms. The van der Waals surface area contributed by atoms with E-state index in [1.54, 1.807) is 23.5 Å². The highest BCUT2D eigenvalue weighted by atomic mass is 79.9. The Morgan fingerprint density at radius 3 is 2.71 bits per heavy atom. The summed E-state index contributed by atoms with van der Waals surface area (Å²) in [5.41, 5.74) is 2.52. The molecule has 1 N–H and O–H groups in total. The summed E-state index contributed by atoms with van der Waals surface area (Å²) in [5.74, 6) is 0. The van der Waals surface area contributed by atoms with E-state index in [0.717, 1.165) is 21.0 Å². The number of halogens is 1. The highest BCUT2D eigenvalue weighted by Crippen LogP contribution is 2.27. The zero-order valence-electron chi connectivity index (χ0n) is 9.41. The minimum Gasteiger partial charge on any atom is -0.331 e. The molecular formula is C12H10BrN3S. The number of nitrogens with zero attached hydrogens (tertiary/aromatic N) is 2. The van der Waals surface area contributed by atoms with E-state index in [2.05, 4.69) is 32.3 Å². The van der Waals surface area contributed by atoms with Crippen molar-refractivity contribution in [3.63, 3.8) is 0 Å². The van der Waals surface area contributed by atoms with E-state index in [1.165, 1.54) is 4.88 Å². The van der Waals surface area contributed by atoms with Crippen molar-refractivity contribution in [2.75, 3.05) is 5.32 Å². The summed E-state index contributed by atoms with van der Waals surface area (Å²) in [7, 11) is 0. The van der Waals surface area contributed by atoms with Crippen molar-refractivity contribution in [2.24, 2.45) is 0 Å². The zero-order valence-corrected chi connectivity index (χ0v) is 11.8. The van der Waals surface area contributed by atoms with Crippen molar-refractivity contribution in [3.05, 3.63) is 38.8 Å². The van der Waals surface area contributed by atoms with E-state index in [-0.39, 0.29) is 0 Å². The third-order valence-electron chi connectivity index (χ3n) is 2.31. The van der Waals surface area contributed by atoms with Crippen molar-refractivity contribution in [2.45, 2.75) is 13.8 Å². The maximum Gasteiger partial charge on any atom is 0.187 e. The molecule has 1 heterocycles. The SMILES string of the molecule is Cc1nc(Nc2cc(Br)cc(C#N)c2)sc1C. The lowest BCUT2D eigenvalue weighted by atomic mass is 10.2. The zero-order chi connectivity index (χ0) is 12.4. The Morgan fingerprint density at radius 1 is 1.35 bits per heavy atom. The van der Waals surface area contributed by atoms with E-state index >= 15 is 0 Å². The van der Waals surface area contributed by atoms with Crippen LogP contribution in [0.4, 0.5) is 10.8 Å². The number of nitriles is 1. The van der Waals surface area contributed by atoms with Crippen LogP contribution >= 0.6 is 27.3 Å². The Kier molecular flexibility index (Phi) is 3.46. The summed E-state index contributed by atoms with van der Waals surface area (Å²) in [6.45, 7) is 4.03. The number of benzene rings is 1. The Balaban J connectivity index is 2.30. The molecule has 2 aromatic rings. The van der Waals surface area contributed by atoms with Gasteiger partial charge in [-0.05, 0) is 32.0 Å². The molecule has 0 spiro atoms. The monoisotopic (exact) mass is 307 g/mol. The highest BCUT2D eigenvalue weighted by Gasteiger charge is 2.05. The van der Waals surface area contributed by atoms with Crippen LogP contribution in [0, 0.1) is 25.2 Å². The predicted molar refractivity (Wildman–Crippen MR) is 73.7 cm³/mol. The smallest absolute Gasteiger partial charge is 0.187 e. The van der Waals surface area contributed by atoms with Gasteiger partial charge in [0.05, 0.1) is 17.3 Å². The summed E-state index contributed by atoms with van der Waals surface area (Å²) in [6, 6.07) is 7.63. The van der Waals surface area contributed by atoms with Gasteiger partial charge in [-0.15, -0.1) is 11.3 Å². The molecule has 2 rings (SSSR count). The molecule has 0 aliphatic rings. The molecule has 0 unspecified atom stereocenters. The molecule has 0 aliphatic heterocycles. The van der Waals surface area contributed by atoms with Crippen molar-refractivity contribution in [1.29, 1.82) is 5.26 Å². The largest absolute Gasteiger partial charge is 0.331 e. The van der Waals surface area contributed by atoms with Gasteiger partial charge in [0.2, 0.25) is 0 Å². The molecule has 1 aromatic carbocycles. The molecule has 3 nitrogen and oxygen atoms in total. The van der Waals surface area contributed by atoms with Crippen LogP contribution in [-0.2, 0) is 0 Å². The fourth-order valence-corrected chi connectivity index (χ4v) is 2.70. The van der Waals surface area contributed by atoms with Gasteiger partial charge in [-0.25, -0.2) is 4.98 Å². The summed E-state index contributed by atoms with van der Waals surface area (Å²) in [6.07, 6.45) is 0.